The molecule has 0 aliphatic rings. The minimum absolute atomic E-state index is 0.0641. The van der Waals surface area contributed by atoms with E-state index in [-0.39, 0.29) is 31.1 Å². The second-order valence-corrected chi connectivity index (χ2v) is 16.9. The maximum atomic E-state index is 12.7. The zero-order valence-corrected chi connectivity index (χ0v) is 36.7. The molecule has 0 aliphatic heterocycles. The van der Waals surface area contributed by atoms with Crippen LogP contribution in [-0.2, 0) is 28.6 Å². The van der Waals surface area contributed by atoms with Crippen LogP contribution in [0.4, 0.5) is 0 Å². The number of hydrogen-bond acceptors (Lipinski definition) is 6. The van der Waals surface area contributed by atoms with Gasteiger partial charge >= 0.3 is 17.9 Å². The Morgan fingerprint density at radius 3 is 0.907 bits per heavy atom. The van der Waals surface area contributed by atoms with Crippen molar-refractivity contribution in [3.05, 3.63) is 0 Å². The highest BCUT2D eigenvalue weighted by atomic mass is 16.6. The molecule has 6 nitrogen and oxygen atoms in total. The van der Waals surface area contributed by atoms with Gasteiger partial charge in [-0.25, -0.2) is 0 Å². The van der Waals surface area contributed by atoms with Gasteiger partial charge in [0.05, 0.1) is 0 Å². The fraction of sp³-hybridized carbons (Fsp3) is 0.938. The molecular weight excluding hydrogens is 673 g/mol. The molecule has 0 amide bonds. The molecule has 0 heterocycles. The Morgan fingerprint density at radius 1 is 0.352 bits per heavy atom. The van der Waals surface area contributed by atoms with Crippen LogP contribution in [0.1, 0.15) is 265 Å². The van der Waals surface area contributed by atoms with Crippen molar-refractivity contribution in [1.29, 1.82) is 0 Å². The Kier molecular flexibility index (Phi) is 41.3. The lowest BCUT2D eigenvalue weighted by Gasteiger charge is -2.18. The molecule has 1 atom stereocenters. The van der Waals surface area contributed by atoms with Crippen LogP contribution in [0, 0.1) is 5.92 Å². The molecule has 0 aromatic heterocycles. The van der Waals surface area contributed by atoms with Crippen LogP contribution in [0.5, 0.6) is 0 Å². The Morgan fingerprint density at radius 2 is 0.611 bits per heavy atom. The summed E-state index contributed by atoms with van der Waals surface area (Å²) >= 11 is 0. The van der Waals surface area contributed by atoms with Gasteiger partial charge in [0.1, 0.15) is 13.2 Å². The highest BCUT2D eigenvalue weighted by Crippen LogP contribution is 2.16. The normalized spacial score (nSPS) is 11.9. The monoisotopic (exact) mass is 765 g/mol. The fourth-order valence-electron chi connectivity index (χ4n) is 7.16. The van der Waals surface area contributed by atoms with Crippen LogP contribution in [-0.4, -0.2) is 37.2 Å². The van der Waals surface area contributed by atoms with Crippen molar-refractivity contribution in [2.24, 2.45) is 5.92 Å². The van der Waals surface area contributed by atoms with E-state index in [2.05, 4.69) is 27.7 Å². The summed E-state index contributed by atoms with van der Waals surface area (Å²) in [7, 11) is 0. The third-order valence-electron chi connectivity index (χ3n) is 10.8. The number of ether oxygens (including phenoxy) is 3. The van der Waals surface area contributed by atoms with Crippen molar-refractivity contribution in [3.8, 4) is 0 Å². The van der Waals surface area contributed by atoms with E-state index in [4.69, 9.17) is 14.2 Å². The summed E-state index contributed by atoms with van der Waals surface area (Å²) in [4.78, 5) is 37.7. The number of carbonyl (C=O) groups is 3. The smallest absolute Gasteiger partial charge is 0.306 e. The summed E-state index contributed by atoms with van der Waals surface area (Å²) in [6.07, 6.45) is 42.4. The van der Waals surface area contributed by atoms with Gasteiger partial charge in [0, 0.05) is 19.3 Å². The molecule has 320 valence electrons. The van der Waals surface area contributed by atoms with Crippen molar-refractivity contribution < 1.29 is 28.6 Å². The van der Waals surface area contributed by atoms with Crippen molar-refractivity contribution in [2.45, 2.75) is 271 Å². The van der Waals surface area contributed by atoms with Crippen LogP contribution >= 0.6 is 0 Å². The van der Waals surface area contributed by atoms with Gasteiger partial charge in [-0.05, 0) is 25.2 Å². The largest absolute Gasteiger partial charge is 0.462 e. The third kappa shape index (κ3) is 41.6. The van der Waals surface area contributed by atoms with E-state index in [0.717, 1.165) is 63.7 Å². The number of unbranched alkanes of at least 4 members (excludes halogenated alkanes) is 30. The first-order chi connectivity index (χ1) is 26.4. The molecule has 0 saturated carbocycles. The number of esters is 3. The van der Waals surface area contributed by atoms with E-state index in [1.165, 1.54) is 161 Å². The minimum atomic E-state index is -0.759. The Balaban J connectivity index is 4.28. The average molecular weight is 765 g/mol. The van der Waals surface area contributed by atoms with Crippen LogP contribution in [0.15, 0.2) is 0 Å². The first kappa shape index (κ1) is 52.4. The van der Waals surface area contributed by atoms with Gasteiger partial charge in [-0.15, -0.1) is 0 Å². The standard InChI is InChI=1S/C48H92O6/c1-5-7-9-11-13-15-17-19-20-21-23-24-26-31-35-39-46(49)52-42-45(43-53-47(50)40-36-32-29-28-30-34-38-44(3)4)54-48(51)41-37-33-27-25-22-18-16-14-12-10-8-6-2/h44-45H,5-43H2,1-4H3/t45-/m1/s1. The number of rotatable bonds is 43. The summed E-state index contributed by atoms with van der Waals surface area (Å²) in [5.74, 6) is -0.0917. The zero-order chi connectivity index (χ0) is 39.6. The van der Waals surface area contributed by atoms with Gasteiger partial charge in [-0.1, -0.05) is 227 Å². The van der Waals surface area contributed by atoms with Crippen LogP contribution in [0.25, 0.3) is 0 Å². The van der Waals surface area contributed by atoms with Crippen molar-refractivity contribution in [3.63, 3.8) is 0 Å². The second kappa shape index (κ2) is 42.6. The van der Waals surface area contributed by atoms with Gasteiger partial charge in [-0.2, -0.15) is 0 Å². The van der Waals surface area contributed by atoms with Crippen molar-refractivity contribution in [2.75, 3.05) is 13.2 Å². The lowest BCUT2D eigenvalue weighted by Crippen LogP contribution is -2.30. The van der Waals surface area contributed by atoms with E-state index < -0.39 is 6.10 Å². The quantitative estimate of drug-likeness (QED) is 0.0349. The molecule has 0 saturated heterocycles. The van der Waals surface area contributed by atoms with Crippen LogP contribution < -0.4 is 0 Å². The number of carbonyl (C=O) groups excluding carboxylic acids is 3. The van der Waals surface area contributed by atoms with E-state index in [1.54, 1.807) is 0 Å². The average Bonchev–Trinajstić information content (AvgIpc) is 3.15. The Hall–Kier alpha value is -1.59. The second-order valence-electron chi connectivity index (χ2n) is 16.9. The molecule has 54 heavy (non-hydrogen) atoms. The molecule has 0 radical (unpaired) electrons. The lowest BCUT2D eigenvalue weighted by molar-refractivity contribution is -0.167. The zero-order valence-electron chi connectivity index (χ0n) is 36.7. The molecule has 0 aromatic rings. The molecule has 0 fully saturated rings. The van der Waals surface area contributed by atoms with Gasteiger partial charge in [0.25, 0.3) is 0 Å². The van der Waals surface area contributed by atoms with E-state index >= 15 is 0 Å². The first-order valence-electron chi connectivity index (χ1n) is 23.9. The molecule has 6 heteroatoms. The summed E-state index contributed by atoms with van der Waals surface area (Å²) in [5, 5.41) is 0. The van der Waals surface area contributed by atoms with Gasteiger partial charge in [0.15, 0.2) is 6.10 Å². The molecule has 0 aromatic carbocycles. The predicted molar refractivity (Wildman–Crippen MR) is 229 cm³/mol. The molecular formula is C48H92O6. The maximum absolute atomic E-state index is 12.7. The van der Waals surface area contributed by atoms with Crippen LogP contribution in [0.2, 0.25) is 0 Å². The van der Waals surface area contributed by atoms with Gasteiger partial charge in [-0.3, -0.25) is 14.4 Å². The summed E-state index contributed by atoms with van der Waals surface area (Å²) < 4.78 is 16.7. The number of hydrogen-bond donors (Lipinski definition) is 0. The Bertz CT molecular complexity index is 811. The topological polar surface area (TPSA) is 78.9 Å². The molecule has 0 spiro atoms. The summed E-state index contributed by atoms with van der Waals surface area (Å²) in [6, 6.07) is 0. The third-order valence-corrected chi connectivity index (χ3v) is 10.8. The highest BCUT2D eigenvalue weighted by Gasteiger charge is 2.19. The fourth-order valence-corrected chi connectivity index (χ4v) is 7.16. The van der Waals surface area contributed by atoms with E-state index in [9.17, 15) is 14.4 Å². The van der Waals surface area contributed by atoms with E-state index in [0.29, 0.717) is 19.3 Å². The van der Waals surface area contributed by atoms with Gasteiger partial charge in [0.2, 0.25) is 0 Å². The molecule has 0 N–H and O–H groups in total. The summed E-state index contributed by atoms with van der Waals surface area (Å²) in [5.41, 5.74) is 0. The molecule has 0 bridgehead atoms. The molecule has 0 rings (SSSR count). The van der Waals surface area contributed by atoms with Gasteiger partial charge < -0.3 is 14.2 Å². The van der Waals surface area contributed by atoms with Crippen molar-refractivity contribution >= 4 is 17.9 Å². The van der Waals surface area contributed by atoms with Crippen molar-refractivity contribution in [1.82, 2.24) is 0 Å². The first-order valence-corrected chi connectivity index (χ1v) is 23.9. The predicted octanol–water partition coefficient (Wildman–Crippen LogP) is 15.1. The molecule has 0 unspecified atom stereocenters. The van der Waals surface area contributed by atoms with E-state index in [1.807, 2.05) is 0 Å². The highest BCUT2D eigenvalue weighted by molar-refractivity contribution is 5.71. The maximum Gasteiger partial charge on any atom is 0.306 e. The van der Waals surface area contributed by atoms with Crippen LogP contribution in [0.3, 0.4) is 0 Å². The Labute approximate surface area is 336 Å². The minimum Gasteiger partial charge on any atom is -0.462 e. The summed E-state index contributed by atoms with van der Waals surface area (Å²) in [6.45, 7) is 8.94. The molecule has 0 aliphatic carbocycles. The SMILES string of the molecule is CCCCCCCCCCCCCCCCCC(=O)OC[C@H](COC(=O)CCCCCCCCC(C)C)OC(=O)CCCCCCCCCCCCCC. The lowest BCUT2D eigenvalue weighted by atomic mass is 10.0.